The van der Waals surface area contributed by atoms with E-state index in [9.17, 15) is 14.7 Å². The number of hydrogen-bond acceptors (Lipinski definition) is 4. The Morgan fingerprint density at radius 3 is 2.76 bits per heavy atom. The van der Waals surface area contributed by atoms with Crippen LogP contribution in [0.5, 0.6) is 0 Å². The third-order valence-electron chi connectivity index (χ3n) is 5.19. The number of aliphatic hydroxyl groups excluding tert-OH is 1. The van der Waals surface area contributed by atoms with E-state index in [0.717, 1.165) is 24.0 Å². The van der Waals surface area contributed by atoms with Crippen LogP contribution in [0.3, 0.4) is 0 Å². The summed E-state index contributed by atoms with van der Waals surface area (Å²) in [5, 5.41) is 17.3. The lowest BCUT2D eigenvalue weighted by molar-refractivity contribution is 0.0863. The van der Waals surface area contributed by atoms with Crippen molar-refractivity contribution in [1.82, 2.24) is 19.9 Å². The van der Waals surface area contributed by atoms with E-state index < -0.39 is 11.4 Å². The van der Waals surface area contributed by atoms with Crippen molar-refractivity contribution >= 4 is 23.0 Å². The predicted octanol–water partition coefficient (Wildman–Crippen LogP) is 3.03. The second kappa shape index (κ2) is 7.00. The molecule has 1 aromatic carbocycles. The molecule has 3 N–H and O–H groups in total. The molecule has 1 aliphatic rings. The summed E-state index contributed by atoms with van der Waals surface area (Å²) in [4.78, 5) is 28.7. The molecule has 0 aliphatic heterocycles. The van der Waals surface area contributed by atoms with Crippen LogP contribution in [-0.2, 0) is 0 Å². The largest absolute Gasteiger partial charge is 0.394 e. The van der Waals surface area contributed by atoms with E-state index in [1.807, 2.05) is 19.1 Å². The average molecular weight is 415 g/mol. The van der Waals surface area contributed by atoms with Crippen LogP contribution in [0.1, 0.15) is 54.2 Å². The number of H-pyrrole nitrogens is 1. The summed E-state index contributed by atoms with van der Waals surface area (Å²) < 4.78 is 1.48. The number of aromatic amines is 1. The molecule has 0 atom stereocenters. The zero-order valence-corrected chi connectivity index (χ0v) is 17.3. The molecule has 2 aromatic heterocycles. The third kappa shape index (κ3) is 3.68. The van der Waals surface area contributed by atoms with Gasteiger partial charge in [-0.25, -0.2) is 4.52 Å². The SMILES string of the molecule is Cc1ccc(-c2cn3nc(C(=O)NC(C)(C)CO)c(C4CC4)c3c(=O)[nH]2)cc1Cl. The molecule has 4 rings (SSSR count). The molecule has 152 valence electrons. The van der Waals surface area contributed by atoms with Crippen LogP contribution in [0, 0.1) is 6.92 Å². The Morgan fingerprint density at radius 2 is 2.14 bits per heavy atom. The first kappa shape index (κ1) is 19.7. The number of carbonyl (C=O) groups excluding carboxylic acids is 1. The molecule has 7 nitrogen and oxygen atoms in total. The normalized spacial score (nSPS) is 14.4. The molecule has 0 radical (unpaired) electrons. The minimum absolute atomic E-state index is 0.145. The molecular weight excluding hydrogens is 392 g/mol. The summed E-state index contributed by atoms with van der Waals surface area (Å²) in [5.74, 6) is -0.250. The van der Waals surface area contributed by atoms with Gasteiger partial charge in [-0.2, -0.15) is 5.10 Å². The minimum Gasteiger partial charge on any atom is -0.394 e. The van der Waals surface area contributed by atoms with E-state index in [1.165, 1.54) is 4.52 Å². The van der Waals surface area contributed by atoms with Gasteiger partial charge >= 0.3 is 0 Å². The van der Waals surface area contributed by atoms with Crippen LogP contribution >= 0.6 is 11.6 Å². The Bertz CT molecular complexity index is 1170. The van der Waals surface area contributed by atoms with Crippen molar-refractivity contribution in [1.29, 1.82) is 0 Å². The maximum atomic E-state index is 12.9. The highest BCUT2D eigenvalue weighted by atomic mass is 35.5. The number of nitrogens with one attached hydrogen (secondary N) is 2. The number of aryl methyl sites for hydroxylation is 1. The topological polar surface area (TPSA) is 99.5 Å². The molecule has 29 heavy (non-hydrogen) atoms. The van der Waals surface area contributed by atoms with Gasteiger partial charge in [0.15, 0.2) is 5.69 Å². The molecule has 0 spiro atoms. The first-order chi connectivity index (χ1) is 13.7. The van der Waals surface area contributed by atoms with Crippen molar-refractivity contribution in [2.24, 2.45) is 0 Å². The molecule has 1 saturated carbocycles. The highest BCUT2D eigenvalue weighted by Gasteiger charge is 2.35. The lowest BCUT2D eigenvalue weighted by Gasteiger charge is -2.23. The van der Waals surface area contributed by atoms with Gasteiger partial charge in [0, 0.05) is 16.1 Å². The van der Waals surface area contributed by atoms with Gasteiger partial charge in [0.2, 0.25) is 0 Å². The zero-order chi connectivity index (χ0) is 20.9. The molecule has 1 fully saturated rings. The van der Waals surface area contributed by atoms with Crippen molar-refractivity contribution in [3.05, 3.63) is 56.6 Å². The molecule has 0 saturated heterocycles. The molecule has 0 bridgehead atoms. The summed E-state index contributed by atoms with van der Waals surface area (Å²) in [6, 6.07) is 5.55. The monoisotopic (exact) mass is 414 g/mol. The Hall–Kier alpha value is -2.64. The molecule has 3 aromatic rings. The van der Waals surface area contributed by atoms with Crippen LogP contribution in [0.2, 0.25) is 5.02 Å². The van der Waals surface area contributed by atoms with Crippen LogP contribution in [0.15, 0.2) is 29.2 Å². The van der Waals surface area contributed by atoms with E-state index in [4.69, 9.17) is 11.6 Å². The molecule has 2 heterocycles. The molecule has 1 amide bonds. The van der Waals surface area contributed by atoms with Gasteiger partial charge in [0.05, 0.1) is 24.0 Å². The average Bonchev–Trinajstić information content (AvgIpc) is 3.43. The van der Waals surface area contributed by atoms with Crippen molar-refractivity contribution in [2.75, 3.05) is 6.61 Å². The minimum atomic E-state index is -0.788. The number of nitrogens with zero attached hydrogens (tertiary/aromatic N) is 2. The fourth-order valence-electron chi connectivity index (χ4n) is 3.34. The highest BCUT2D eigenvalue weighted by Crippen LogP contribution is 2.43. The van der Waals surface area contributed by atoms with Crippen molar-refractivity contribution in [3.63, 3.8) is 0 Å². The Labute approximate surface area is 172 Å². The Kier molecular flexibility index (Phi) is 4.75. The van der Waals surface area contributed by atoms with Crippen molar-refractivity contribution in [2.45, 2.75) is 45.1 Å². The van der Waals surface area contributed by atoms with Crippen LogP contribution in [-0.4, -0.2) is 37.8 Å². The number of aliphatic hydroxyl groups is 1. The third-order valence-corrected chi connectivity index (χ3v) is 5.60. The first-order valence-corrected chi connectivity index (χ1v) is 9.93. The standard InChI is InChI=1S/C21H23ClN4O3/c1-11-4-5-13(8-14(11)22)15-9-26-18(20(29)23-15)16(12-6-7-12)17(25-26)19(28)24-21(2,3)10-27/h4-5,8-9,12,27H,6-7,10H2,1-3H3,(H,23,29)(H,24,28). The highest BCUT2D eigenvalue weighted by molar-refractivity contribution is 6.31. The zero-order valence-electron chi connectivity index (χ0n) is 16.5. The molecular formula is C21H23ClN4O3. The van der Waals surface area contributed by atoms with Crippen LogP contribution in [0.4, 0.5) is 0 Å². The number of carbonyl (C=O) groups is 1. The number of halogens is 1. The van der Waals surface area contributed by atoms with Gasteiger partial charge in [-0.1, -0.05) is 23.7 Å². The molecule has 1 aliphatic carbocycles. The smallest absolute Gasteiger partial charge is 0.274 e. The van der Waals surface area contributed by atoms with Crippen LogP contribution in [0.25, 0.3) is 16.8 Å². The lowest BCUT2D eigenvalue weighted by Crippen LogP contribution is -2.46. The number of hydrogen-bond donors (Lipinski definition) is 3. The van der Waals surface area contributed by atoms with Gasteiger partial charge in [-0.05, 0) is 51.2 Å². The summed E-state index contributed by atoms with van der Waals surface area (Å²) in [5.41, 5.74) is 2.48. The van der Waals surface area contributed by atoms with E-state index in [-0.39, 0.29) is 23.8 Å². The Morgan fingerprint density at radius 1 is 1.41 bits per heavy atom. The van der Waals surface area contributed by atoms with Gasteiger partial charge in [-0.3, -0.25) is 9.59 Å². The number of aromatic nitrogens is 3. The number of amides is 1. The van der Waals surface area contributed by atoms with Gasteiger partial charge < -0.3 is 15.4 Å². The predicted molar refractivity (Wildman–Crippen MR) is 112 cm³/mol. The summed E-state index contributed by atoms with van der Waals surface area (Å²) in [7, 11) is 0. The fraction of sp³-hybridized carbons (Fsp3) is 0.381. The van der Waals surface area contributed by atoms with Gasteiger partial charge in [-0.15, -0.1) is 0 Å². The van der Waals surface area contributed by atoms with E-state index >= 15 is 0 Å². The number of benzene rings is 1. The maximum Gasteiger partial charge on any atom is 0.274 e. The quantitative estimate of drug-likeness (QED) is 0.597. The van der Waals surface area contributed by atoms with Crippen molar-refractivity contribution < 1.29 is 9.90 Å². The fourth-order valence-corrected chi connectivity index (χ4v) is 3.52. The summed E-state index contributed by atoms with van der Waals surface area (Å²) in [6.45, 7) is 5.16. The van der Waals surface area contributed by atoms with Crippen LogP contribution < -0.4 is 10.9 Å². The molecule has 0 unspecified atom stereocenters. The lowest BCUT2D eigenvalue weighted by atomic mass is 10.0. The first-order valence-electron chi connectivity index (χ1n) is 9.55. The van der Waals surface area contributed by atoms with E-state index in [1.54, 1.807) is 26.1 Å². The van der Waals surface area contributed by atoms with E-state index in [2.05, 4.69) is 15.4 Å². The number of fused-ring (bicyclic) bond motifs is 1. The van der Waals surface area contributed by atoms with Gasteiger partial charge in [0.1, 0.15) is 5.52 Å². The maximum absolute atomic E-state index is 12.9. The summed E-state index contributed by atoms with van der Waals surface area (Å²) in [6.07, 6.45) is 3.54. The van der Waals surface area contributed by atoms with Crippen molar-refractivity contribution in [3.8, 4) is 11.3 Å². The Balaban J connectivity index is 1.85. The molecule has 8 heteroatoms. The second-order valence-corrected chi connectivity index (χ2v) is 8.69. The van der Waals surface area contributed by atoms with Gasteiger partial charge in [0.25, 0.3) is 11.5 Å². The summed E-state index contributed by atoms with van der Waals surface area (Å²) >= 11 is 6.23. The van der Waals surface area contributed by atoms with E-state index in [0.29, 0.717) is 21.8 Å². The number of rotatable bonds is 5. The second-order valence-electron chi connectivity index (χ2n) is 8.29.